The Bertz CT molecular complexity index is 919. The number of carbonyl (C=O) groups excluding carboxylic acids is 2. The number of fused-ring (bicyclic) bond motifs is 1. The van der Waals surface area contributed by atoms with Crippen LogP contribution in [0, 0.1) is 0 Å². The maximum Gasteiger partial charge on any atom is 0.324 e. The second-order valence-corrected chi connectivity index (χ2v) is 7.87. The van der Waals surface area contributed by atoms with Crippen LogP contribution in [0.15, 0.2) is 16.9 Å². The van der Waals surface area contributed by atoms with Gasteiger partial charge >= 0.3 is 6.03 Å². The lowest BCUT2D eigenvalue weighted by atomic mass is 9.96. The summed E-state index contributed by atoms with van der Waals surface area (Å²) in [6.07, 6.45) is 8.40. The molecule has 9 nitrogen and oxygen atoms in total. The van der Waals surface area contributed by atoms with Gasteiger partial charge in [0, 0.05) is 51.4 Å². The summed E-state index contributed by atoms with van der Waals surface area (Å²) in [5, 5.41) is 8.54. The molecule has 2 aliphatic heterocycles. The highest BCUT2D eigenvalue weighted by Crippen LogP contribution is 2.29. The Balaban J connectivity index is 1.28. The molecule has 3 amide bonds. The zero-order valence-corrected chi connectivity index (χ0v) is 16.0. The number of hydrogen-bond donors (Lipinski definition) is 0. The summed E-state index contributed by atoms with van der Waals surface area (Å²) in [5.74, 6) is 0.834. The van der Waals surface area contributed by atoms with E-state index in [1.807, 2.05) is 15.8 Å². The van der Waals surface area contributed by atoms with Gasteiger partial charge in [0.25, 0.3) is 5.91 Å². The molecular formula is C19H24N6O3. The second-order valence-electron chi connectivity index (χ2n) is 7.87. The number of likely N-dealkylation sites (tertiary alicyclic amines) is 1. The van der Waals surface area contributed by atoms with Crippen LogP contribution in [0.5, 0.6) is 0 Å². The summed E-state index contributed by atoms with van der Waals surface area (Å²) in [6, 6.07) is 0.106. The number of rotatable bonds is 3. The molecule has 5 rings (SSSR count). The molecule has 0 saturated carbocycles. The van der Waals surface area contributed by atoms with E-state index in [1.54, 1.807) is 23.0 Å². The van der Waals surface area contributed by atoms with Gasteiger partial charge in [-0.3, -0.25) is 14.4 Å². The molecule has 3 aliphatic rings. The first-order chi connectivity index (χ1) is 13.6. The van der Waals surface area contributed by atoms with Crippen molar-refractivity contribution >= 4 is 17.6 Å². The van der Waals surface area contributed by atoms with Gasteiger partial charge in [0.2, 0.25) is 0 Å². The van der Waals surface area contributed by atoms with E-state index >= 15 is 0 Å². The molecule has 1 atom stereocenters. The molecular weight excluding hydrogens is 360 g/mol. The van der Waals surface area contributed by atoms with Gasteiger partial charge in [-0.15, -0.1) is 0 Å². The Labute approximate surface area is 162 Å². The summed E-state index contributed by atoms with van der Waals surface area (Å²) in [4.78, 5) is 30.4. The third-order valence-corrected chi connectivity index (χ3v) is 6.09. The van der Waals surface area contributed by atoms with Crippen molar-refractivity contribution in [2.24, 2.45) is 0 Å². The van der Waals surface area contributed by atoms with Crippen LogP contribution >= 0.6 is 0 Å². The summed E-state index contributed by atoms with van der Waals surface area (Å²) in [5.41, 5.74) is 2.30. The maximum atomic E-state index is 13.0. The summed E-state index contributed by atoms with van der Waals surface area (Å²) < 4.78 is 7.28. The average molecular weight is 384 g/mol. The van der Waals surface area contributed by atoms with Gasteiger partial charge in [-0.05, 0) is 25.7 Å². The fourth-order valence-electron chi connectivity index (χ4n) is 4.40. The minimum absolute atomic E-state index is 0.00131. The molecule has 0 bridgehead atoms. The highest BCUT2D eigenvalue weighted by atomic mass is 16.5. The molecule has 0 spiro atoms. The maximum absolute atomic E-state index is 13.0. The number of urea groups is 1. The monoisotopic (exact) mass is 384 g/mol. The van der Waals surface area contributed by atoms with E-state index in [9.17, 15) is 9.59 Å². The minimum atomic E-state index is -0.0434. The Morgan fingerprint density at radius 2 is 2.07 bits per heavy atom. The van der Waals surface area contributed by atoms with Gasteiger partial charge in [-0.25, -0.2) is 4.79 Å². The summed E-state index contributed by atoms with van der Waals surface area (Å²) >= 11 is 0. The van der Waals surface area contributed by atoms with E-state index in [0.29, 0.717) is 25.3 Å². The molecule has 148 valence electrons. The number of amides is 3. The Morgan fingerprint density at radius 1 is 1.21 bits per heavy atom. The van der Waals surface area contributed by atoms with Crippen molar-refractivity contribution in [2.45, 2.75) is 38.1 Å². The highest BCUT2D eigenvalue weighted by Gasteiger charge is 2.34. The summed E-state index contributed by atoms with van der Waals surface area (Å²) in [6.45, 7) is 2.66. The minimum Gasteiger partial charge on any atom is -0.360 e. The SMILES string of the molecule is CN1CCN(c2cnn(C3CCN(C(=O)c4noc5c4CCCC5)C3)c2)C1=O. The molecule has 2 fully saturated rings. The van der Waals surface area contributed by atoms with Crippen LogP contribution in [0.3, 0.4) is 0 Å². The quantitative estimate of drug-likeness (QED) is 0.804. The topological polar surface area (TPSA) is 87.7 Å². The molecule has 2 aromatic rings. The van der Waals surface area contributed by atoms with Gasteiger partial charge in [0.15, 0.2) is 5.69 Å². The number of nitrogens with zero attached hydrogens (tertiary/aromatic N) is 6. The van der Waals surface area contributed by atoms with Gasteiger partial charge in [0.05, 0.1) is 17.9 Å². The first kappa shape index (κ1) is 17.3. The average Bonchev–Trinajstić information content (AvgIpc) is 3.48. The van der Waals surface area contributed by atoms with Crippen molar-refractivity contribution in [1.82, 2.24) is 24.7 Å². The predicted molar refractivity (Wildman–Crippen MR) is 100 cm³/mol. The summed E-state index contributed by atoms with van der Waals surface area (Å²) in [7, 11) is 1.80. The van der Waals surface area contributed by atoms with Crippen molar-refractivity contribution in [3.05, 3.63) is 29.4 Å². The fraction of sp³-hybridized carbons (Fsp3) is 0.579. The van der Waals surface area contributed by atoms with E-state index in [1.165, 1.54) is 0 Å². The normalized spacial score (nSPS) is 22.2. The lowest BCUT2D eigenvalue weighted by Crippen LogP contribution is -2.30. The molecule has 1 unspecified atom stereocenters. The molecule has 0 aromatic carbocycles. The van der Waals surface area contributed by atoms with Crippen molar-refractivity contribution in [1.29, 1.82) is 0 Å². The van der Waals surface area contributed by atoms with Gasteiger partial charge in [-0.2, -0.15) is 5.10 Å². The molecule has 9 heteroatoms. The third-order valence-electron chi connectivity index (χ3n) is 6.09. The number of hydrogen-bond acceptors (Lipinski definition) is 5. The van der Waals surface area contributed by atoms with Crippen LogP contribution in [0.1, 0.15) is 47.1 Å². The van der Waals surface area contributed by atoms with Crippen LogP contribution in [0.4, 0.5) is 10.5 Å². The first-order valence-electron chi connectivity index (χ1n) is 9.95. The molecule has 4 heterocycles. The number of likely N-dealkylation sites (N-methyl/N-ethyl adjacent to an activating group) is 1. The Morgan fingerprint density at radius 3 is 2.89 bits per heavy atom. The van der Waals surface area contributed by atoms with E-state index < -0.39 is 0 Å². The Kier molecular flexibility index (Phi) is 4.10. The lowest BCUT2D eigenvalue weighted by molar-refractivity contribution is 0.0775. The lowest BCUT2D eigenvalue weighted by Gasteiger charge is -2.17. The van der Waals surface area contributed by atoms with Crippen molar-refractivity contribution in [3.8, 4) is 0 Å². The zero-order chi connectivity index (χ0) is 19.3. The van der Waals surface area contributed by atoms with E-state index in [-0.39, 0.29) is 18.0 Å². The van der Waals surface area contributed by atoms with Crippen LogP contribution in [-0.2, 0) is 12.8 Å². The van der Waals surface area contributed by atoms with Crippen molar-refractivity contribution < 1.29 is 14.1 Å². The fourth-order valence-corrected chi connectivity index (χ4v) is 4.40. The van der Waals surface area contributed by atoms with E-state index in [0.717, 1.165) is 55.7 Å². The molecule has 2 saturated heterocycles. The van der Waals surface area contributed by atoms with Crippen molar-refractivity contribution in [2.75, 3.05) is 38.1 Å². The van der Waals surface area contributed by atoms with Gasteiger partial charge in [-0.1, -0.05) is 5.16 Å². The molecule has 28 heavy (non-hydrogen) atoms. The van der Waals surface area contributed by atoms with Gasteiger partial charge < -0.3 is 14.3 Å². The first-order valence-corrected chi connectivity index (χ1v) is 9.95. The largest absolute Gasteiger partial charge is 0.360 e. The number of anilines is 1. The predicted octanol–water partition coefficient (Wildman–Crippen LogP) is 1.71. The standard InChI is InChI=1S/C19H24N6O3/c1-22-8-9-24(19(22)27)14-10-20-25(12-14)13-6-7-23(11-13)18(26)17-15-4-2-3-5-16(15)28-21-17/h10,12-13H,2-9,11H2,1H3. The second kappa shape index (κ2) is 6.65. The van der Waals surface area contributed by atoms with Crippen molar-refractivity contribution in [3.63, 3.8) is 0 Å². The zero-order valence-electron chi connectivity index (χ0n) is 16.0. The molecule has 1 aliphatic carbocycles. The number of aryl methyl sites for hydroxylation is 1. The van der Waals surface area contributed by atoms with Gasteiger partial charge in [0.1, 0.15) is 5.76 Å². The third kappa shape index (κ3) is 2.76. The van der Waals surface area contributed by atoms with Crippen LogP contribution in [-0.4, -0.2) is 69.9 Å². The van der Waals surface area contributed by atoms with E-state index in [2.05, 4.69) is 10.3 Å². The smallest absolute Gasteiger partial charge is 0.324 e. The van der Waals surface area contributed by atoms with Crippen LogP contribution in [0.25, 0.3) is 0 Å². The highest BCUT2D eigenvalue weighted by molar-refractivity contribution is 5.94. The number of aromatic nitrogens is 3. The Hall–Kier alpha value is -2.84. The van der Waals surface area contributed by atoms with Crippen LogP contribution < -0.4 is 4.90 Å². The number of carbonyl (C=O) groups is 2. The molecule has 0 N–H and O–H groups in total. The van der Waals surface area contributed by atoms with Crippen LogP contribution in [0.2, 0.25) is 0 Å². The molecule has 2 aromatic heterocycles. The van der Waals surface area contributed by atoms with E-state index in [4.69, 9.17) is 4.52 Å². The molecule has 0 radical (unpaired) electrons.